The molecule has 3 aromatic rings. The number of azo groups is 1. The number of fused-ring (bicyclic) bond motifs is 1. The Labute approximate surface area is 189 Å². The van der Waals surface area contributed by atoms with Gasteiger partial charge in [0.15, 0.2) is 5.00 Å². The van der Waals surface area contributed by atoms with Gasteiger partial charge in [0, 0.05) is 43.1 Å². The van der Waals surface area contributed by atoms with Gasteiger partial charge in [-0.1, -0.05) is 6.92 Å². The van der Waals surface area contributed by atoms with Crippen molar-refractivity contribution in [2.24, 2.45) is 10.2 Å². The van der Waals surface area contributed by atoms with E-state index in [4.69, 9.17) is 4.74 Å². The Kier molecular flexibility index (Phi) is 7.31. The normalized spacial score (nSPS) is 11.1. The van der Waals surface area contributed by atoms with Crippen molar-refractivity contribution < 1.29 is 14.5 Å². The van der Waals surface area contributed by atoms with Gasteiger partial charge in [0.25, 0.3) is 5.69 Å². The number of carbonyl (C=O) groups is 1. The molecule has 0 bridgehead atoms. The third-order valence-corrected chi connectivity index (χ3v) is 5.66. The molecule has 1 heterocycles. The lowest BCUT2D eigenvalue weighted by Gasteiger charge is -2.24. The molecule has 0 unspecified atom stereocenters. The number of methoxy groups -OCH3 is 1. The van der Waals surface area contributed by atoms with Crippen LogP contribution >= 0.6 is 11.5 Å². The molecule has 0 saturated carbocycles. The summed E-state index contributed by atoms with van der Waals surface area (Å²) in [6, 6.07) is 7.95. The lowest BCUT2D eigenvalue weighted by atomic mass is 10.2. The SMILES string of the molecule is CCC(=O)Nc1cc(N(CC)CC)c(OC)cc1N=Nc1snc2ccc([N+](=O)[O-])cc12. The number of nitro benzene ring substituents is 1. The van der Waals surface area contributed by atoms with Crippen LogP contribution in [-0.4, -0.2) is 35.4 Å². The molecule has 3 rings (SSSR count). The minimum atomic E-state index is -0.465. The number of ether oxygens (including phenoxy) is 1. The molecule has 10 nitrogen and oxygen atoms in total. The minimum absolute atomic E-state index is 0.0460. The first kappa shape index (κ1) is 23.1. The number of non-ortho nitro benzene ring substituents is 1. The zero-order chi connectivity index (χ0) is 23.3. The molecule has 0 aliphatic rings. The maximum atomic E-state index is 12.1. The van der Waals surface area contributed by atoms with E-state index in [1.807, 2.05) is 19.9 Å². The molecule has 0 radical (unpaired) electrons. The second-order valence-electron chi connectivity index (χ2n) is 6.76. The van der Waals surface area contributed by atoms with Crippen molar-refractivity contribution in [2.75, 3.05) is 30.4 Å². The van der Waals surface area contributed by atoms with Gasteiger partial charge in [0.2, 0.25) is 5.91 Å². The summed E-state index contributed by atoms with van der Waals surface area (Å²) in [7, 11) is 1.57. The Balaban J connectivity index is 2.08. The average molecular weight is 457 g/mol. The van der Waals surface area contributed by atoms with Gasteiger partial charge < -0.3 is 15.0 Å². The van der Waals surface area contributed by atoms with Crippen molar-refractivity contribution in [3.05, 3.63) is 40.4 Å². The molecule has 0 saturated heterocycles. The highest BCUT2D eigenvalue weighted by atomic mass is 32.1. The molecule has 0 atom stereocenters. The fourth-order valence-corrected chi connectivity index (χ4v) is 3.84. The predicted octanol–water partition coefficient (Wildman–Crippen LogP) is 5.82. The second kappa shape index (κ2) is 10.1. The van der Waals surface area contributed by atoms with Crippen molar-refractivity contribution in [3.63, 3.8) is 0 Å². The predicted molar refractivity (Wildman–Crippen MR) is 126 cm³/mol. The summed E-state index contributed by atoms with van der Waals surface area (Å²) in [6.07, 6.45) is 0.312. The topological polar surface area (TPSA) is 122 Å². The maximum absolute atomic E-state index is 12.1. The number of nitrogens with one attached hydrogen (secondary N) is 1. The number of nitro groups is 1. The molecule has 1 amide bonds. The van der Waals surface area contributed by atoms with Crippen LogP contribution in [0.25, 0.3) is 10.9 Å². The van der Waals surface area contributed by atoms with Crippen LogP contribution in [0.4, 0.5) is 27.8 Å². The van der Waals surface area contributed by atoms with Gasteiger partial charge in [0.05, 0.1) is 28.9 Å². The zero-order valence-electron chi connectivity index (χ0n) is 18.3. The van der Waals surface area contributed by atoms with Crippen molar-refractivity contribution in [1.29, 1.82) is 0 Å². The smallest absolute Gasteiger partial charge is 0.270 e. The number of hydrogen-bond acceptors (Lipinski definition) is 9. The monoisotopic (exact) mass is 456 g/mol. The Bertz CT molecular complexity index is 1170. The van der Waals surface area contributed by atoms with E-state index < -0.39 is 4.92 Å². The van der Waals surface area contributed by atoms with E-state index in [1.165, 1.54) is 12.1 Å². The lowest BCUT2D eigenvalue weighted by Crippen LogP contribution is -2.22. The molecule has 0 aliphatic carbocycles. The largest absolute Gasteiger partial charge is 0.494 e. The third kappa shape index (κ3) is 4.83. The summed E-state index contributed by atoms with van der Waals surface area (Å²) in [6.45, 7) is 7.37. The molecule has 0 spiro atoms. The van der Waals surface area contributed by atoms with Gasteiger partial charge in [0.1, 0.15) is 11.4 Å². The Morgan fingerprint density at radius 2 is 1.97 bits per heavy atom. The second-order valence-corrected chi connectivity index (χ2v) is 7.51. The highest BCUT2D eigenvalue weighted by molar-refractivity contribution is 7.11. The van der Waals surface area contributed by atoms with Crippen LogP contribution in [0.5, 0.6) is 5.75 Å². The molecule has 1 N–H and O–H groups in total. The summed E-state index contributed by atoms with van der Waals surface area (Å²) in [4.78, 5) is 24.9. The molecule has 1 aromatic heterocycles. The van der Waals surface area contributed by atoms with E-state index in [0.29, 0.717) is 39.4 Å². The highest BCUT2D eigenvalue weighted by Crippen LogP contribution is 2.40. The maximum Gasteiger partial charge on any atom is 0.270 e. The van der Waals surface area contributed by atoms with Crippen LogP contribution < -0.4 is 15.0 Å². The minimum Gasteiger partial charge on any atom is -0.494 e. The van der Waals surface area contributed by atoms with Crippen LogP contribution in [0.1, 0.15) is 27.2 Å². The lowest BCUT2D eigenvalue weighted by molar-refractivity contribution is -0.384. The van der Waals surface area contributed by atoms with E-state index in [0.717, 1.165) is 30.3 Å². The van der Waals surface area contributed by atoms with E-state index in [9.17, 15) is 14.9 Å². The first-order valence-corrected chi connectivity index (χ1v) is 10.9. The van der Waals surface area contributed by atoms with Gasteiger partial charge in [-0.3, -0.25) is 14.9 Å². The summed E-state index contributed by atoms with van der Waals surface area (Å²) in [5.74, 6) is 0.443. The molecule has 32 heavy (non-hydrogen) atoms. The number of anilines is 2. The fraction of sp³-hybridized carbons (Fsp3) is 0.333. The first-order chi connectivity index (χ1) is 15.4. The molecular weight excluding hydrogens is 432 g/mol. The number of hydrogen-bond donors (Lipinski definition) is 1. The summed E-state index contributed by atoms with van der Waals surface area (Å²) < 4.78 is 9.84. The average Bonchev–Trinajstić information content (AvgIpc) is 3.21. The molecule has 11 heteroatoms. The number of rotatable bonds is 9. The van der Waals surface area contributed by atoms with E-state index in [-0.39, 0.29) is 11.6 Å². The number of benzene rings is 2. The van der Waals surface area contributed by atoms with Crippen molar-refractivity contribution >= 4 is 56.1 Å². The van der Waals surface area contributed by atoms with Gasteiger partial charge in [-0.05, 0) is 37.5 Å². The molecule has 0 fully saturated rings. The van der Waals surface area contributed by atoms with Crippen LogP contribution in [0.15, 0.2) is 40.6 Å². The van der Waals surface area contributed by atoms with Gasteiger partial charge in [-0.15, -0.1) is 10.2 Å². The number of carbonyl (C=O) groups excluding carboxylic acids is 1. The highest BCUT2D eigenvalue weighted by Gasteiger charge is 2.17. The van der Waals surface area contributed by atoms with Gasteiger partial charge >= 0.3 is 0 Å². The van der Waals surface area contributed by atoms with Crippen LogP contribution in [0.2, 0.25) is 0 Å². The van der Waals surface area contributed by atoms with E-state index in [1.54, 1.807) is 26.2 Å². The molecule has 2 aromatic carbocycles. The van der Waals surface area contributed by atoms with E-state index in [2.05, 4.69) is 24.8 Å². The summed E-state index contributed by atoms with van der Waals surface area (Å²) >= 11 is 1.09. The van der Waals surface area contributed by atoms with Gasteiger partial charge in [-0.2, -0.15) is 4.37 Å². The van der Waals surface area contributed by atoms with Crippen molar-refractivity contribution in [2.45, 2.75) is 27.2 Å². The number of aromatic nitrogens is 1. The standard InChI is InChI=1S/C21H24N6O4S/c1-5-20(28)22-16-11-18(26(6-2)7-3)19(31-4)12-17(16)23-24-21-14-10-13(27(29)30)8-9-15(14)25-32-21/h8-12H,5-7H2,1-4H3,(H,22,28). The van der Waals surface area contributed by atoms with Gasteiger partial charge in [-0.25, -0.2) is 0 Å². The summed E-state index contributed by atoms with van der Waals surface area (Å²) in [5, 5.41) is 23.6. The first-order valence-electron chi connectivity index (χ1n) is 10.1. The Morgan fingerprint density at radius 3 is 2.59 bits per heavy atom. The molecule has 0 aliphatic heterocycles. The Morgan fingerprint density at radius 1 is 1.22 bits per heavy atom. The Hall–Kier alpha value is -3.60. The van der Waals surface area contributed by atoms with Crippen molar-refractivity contribution in [1.82, 2.24) is 4.37 Å². The fourth-order valence-electron chi connectivity index (χ4n) is 3.16. The van der Waals surface area contributed by atoms with Crippen LogP contribution in [-0.2, 0) is 4.79 Å². The third-order valence-electron chi connectivity index (χ3n) is 4.90. The molecule has 168 valence electrons. The summed E-state index contributed by atoms with van der Waals surface area (Å²) in [5.41, 5.74) is 2.30. The number of nitrogens with zero attached hydrogens (tertiary/aromatic N) is 5. The van der Waals surface area contributed by atoms with E-state index >= 15 is 0 Å². The van der Waals surface area contributed by atoms with Crippen LogP contribution in [0.3, 0.4) is 0 Å². The quantitative estimate of drug-likeness (QED) is 0.246. The molecular formula is C21H24N6O4S. The van der Waals surface area contributed by atoms with Crippen molar-refractivity contribution in [3.8, 4) is 5.75 Å². The zero-order valence-corrected chi connectivity index (χ0v) is 19.1. The van der Waals surface area contributed by atoms with Crippen LogP contribution in [0, 0.1) is 10.1 Å². The number of amides is 1.